The van der Waals surface area contributed by atoms with Crippen molar-refractivity contribution in [1.82, 2.24) is 9.62 Å². The van der Waals surface area contributed by atoms with E-state index in [1.54, 1.807) is 0 Å². The van der Waals surface area contributed by atoms with Crippen LogP contribution in [0.3, 0.4) is 0 Å². The number of hydrogen-bond donors (Lipinski definition) is 1. The van der Waals surface area contributed by atoms with Gasteiger partial charge in [-0.05, 0) is 79.8 Å². The van der Waals surface area contributed by atoms with E-state index in [4.69, 9.17) is 23.2 Å². The molecule has 0 bridgehead atoms. The molecule has 5 rings (SSSR count). The van der Waals surface area contributed by atoms with Crippen LogP contribution in [-0.2, 0) is 19.6 Å². The van der Waals surface area contributed by atoms with Gasteiger partial charge in [0.15, 0.2) is 0 Å². The molecular formula is C29H34Cl2N2O4S. The van der Waals surface area contributed by atoms with E-state index in [9.17, 15) is 18.0 Å². The van der Waals surface area contributed by atoms with E-state index in [0.29, 0.717) is 35.7 Å². The number of hydrogen-bond acceptors (Lipinski definition) is 4. The zero-order valence-electron chi connectivity index (χ0n) is 21.5. The van der Waals surface area contributed by atoms with Crippen molar-refractivity contribution in [2.24, 2.45) is 11.3 Å². The summed E-state index contributed by atoms with van der Waals surface area (Å²) in [4.78, 5) is 28.4. The molecule has 9 heteroatoms. The van der Waals surface area contributed by atoms with Gasteiger partial charge in [-0.3, -0.25) is 4.79 Å². The summed E-state index contributed by atoms with van der Waals surface area (Å²) in [6.45, 7) is 2.13. The van der Waals surface area contributed by atoms with Gasteiger partial charge in [0.2, 0.25) is 15.9 Å². The predicted octanol–water partition coefficient (Wildman–Crippen LogP) is 5.90. The molecule has 3 aliphatic rings. The summed E-state index contributed by atoms with van der Waals surface area (Å²) >= 11 is 12.7. The number of carbonyl (C=O) groups is 2. The molecule has 1 heterocycles. The summed E-state index contributed by atoms with van der Waals surface area (Å²) in [7, 11) is -3.43. The largest absolute Gasteiger partial charge is 0.330 e. The smallest absolute Gasteiger partial charge is 0.230 e. The first kappa shape index (κ1) is 27.6. The maximum atomic E-state index is 14.5. The predicted molar refractivity (Wildman–Crippen MR) is 150 cm³/mol. The fraction of sp³-hybridized carbons (Fsp3) is 0.517. The Labute approximate surface area is 235 Å². The first-order chi connectivity index (χ1) is 18.2. The van der Waals surface area contributed by atoms with Gasteiger partial charge in [-0.2, -0.15) is 0 Å². The summed E-state index contributed by atoms with van der Waals surface area (Å²) in [6.07, 6.45) is 5.19. The minimum Gasteiger partial charge on any atom is -0.330 e. The Balaban J connectivity index is 1.64. The van der Waals surface area contributed by atoms with Gasteiger partial charge in [-0.1, -0.05) is 54.4 Å². The van der Waals surface area contributed by atoms with E-state index in [0.717, 1.165) is 30.3 Å². The second-order valence-corrected chi connectivity index (χ2v) is 14.0. The van der Waals surface area contributed by atoms with Crippen LogP contribution in [0, 0.1) is 11.3 Å². The minimum atomic E-state index is -3.43. The number of nitrogens with zero attached hydrogens (tertiary/aromatic N) is 1. The molecule has 0 unspecified atom stereocenters. The quantitative estimate of drug-likeness (QED) is 0.338. The van der Waals surface area contributed by atoms with Gasteiger partial charge in [0.05, 0.1) is 16.7 Å². The first-order valence-corrected chi connectivity index (χ1v) is 15.7. The monoisotopic (exact) mass is 576 g/mol. The van der Waals surface area contributed by atoms with Crippen molar-refractivity contribution in [3.05, 3.63) is 69.7 Å². The number of rotatable bonds is 11. The first-order valence-electron chi connectivity index (χ1n) is 13.4. The van der Waals surface area contributed by atoms with Crippen molar-refractivity contribution in [3.63, 3.8) is 0 Å². The number of benzene rings is 2. The van der Waals surface area contributed by atoms with Crippen molar-refractivity contribution >= 4 is 45.4 Å². The van der Waals surface area contributed by atoms with Crippen LogP contribution in [0.2, 0.25) is 10.0 Å². The number of aldehydes is 1. The van der Waals surface area contributed by atoms with Crippen molar-refractivity contribution in [3.8, 4) is 0 Å². The van der Waals surface area contributed by atoms with Crippen LogP contribution in [-0.4, -0.2) is 43.3 Å². The van der Waals surface area contributed by atoms with E-state index >= 15 is 0 Å². The lowest BCUT2D eigenvalue weighted by molar-refractivity contribution is -0.158. The minimum absolute atomic E-state index is 0.0761. The molecule has 0 radical (unpaired) electrons. The van der Waals surface area contributed by atoms with Crippen LogP contribution in [0.1, 0.15) is 75.0 Å². The molecule has 2 aromatic carbocycles. The van der Waals surface area contributed by atoms with Crippen molar-refractivity contribution in [2.75, 3.05) is 6.54 Å². The molecule has 0 spiro atoms. The zero-order valence-corrected chi connectivity index (χ0v) is 23.8. The van der Waals surface area contributed by atoms with Crippen LogP contribution in [0.4, 0.5) is 0 Å². The highest BCUT2D eigenvalue weighted by Gasteiger charge is 2.55. The van der Waals surface area contributed by atoms with Crippen LogP contribution in [0.5, 0.6) is 0 Å². The number of amides is 1. The Morgan fingerprint density at radius 1 is 1.05 bits per heavy atom. The van der Waals surface area contributed by atoms with E-state index < -0.39 is 15.4 Å². The number of carbonyl (C=O) groups excluding carboxylic acids is 2. The van der Waals surface area contributed by atoms with Crippen molar-refractivity contribution in [1.29, 1.82) is 0 Å². The average molecular weight is 578 g/mol. The SMILES string of the molecule is CC[C@]1(CC=O)C[C@H](c2cccc(Cl)c2)[C@@H](c2ccc(Cl)cc2)N([C@H](CNS(=O)(=O)C2CC2)C2CC2)C1=O. The van der Waals surface area contributed by atoms with E-state index in [-0.39, 0.29) is 48.0 Å². The molecule has 4 atom stereocenters. The lowest BCUT2D eigenvalue weighted by Gasteiger charge is -2.53. The van der Waals surface area contributed by atoms with Gasteiger partial charge in [-0.15, -0.1) is 0 Å². The molecule has 1 N–H and O–H groups in total. The summed E-state index contributed by atoms with van der Waals surface area (Å²) in [6, 6.07) is 14.6. The highest BCUT2D eigenvalue weighted by molar-refractivity contribution is 7.90. The summed E-state index contributed by atoms with van der Waals surface area (Å²) in [5, 5.41) is 0.867. The highest BCUT2D eigenvalue weighted by Crippen LogP contribution is 2.55. The Bertz CT molecular complexity index is 1290. The number of likely N-dealkylation sites (tertiary alicyclic amines) is 1. The van der Waals surface area contributed by atoms with Crippen LogP contribution < -0.4 is 4.72 Å². The van der Waals surface area contributed by atoms with Gasteiger partial charge in [0.25, 0.3) is 0 Å². The maximum absolute atomic E-state index is 14.5. The molecule has 2 aromatic rings. The Kier molecular flexibility index (Phi) is 7.94. The molecular weight excluding hydrogens is 543 g/mol. The van der Waals surface area contributed by atoms with Crippen molar-refractivity contribution < 1.29 is 18.0 Å². The number of sulfonamides is 1. The summed E-state index contributed by atoms with van der Waals surface area (Å²) in [5.74, 6) is -0.0267. The molecule has 2 saturated carbocycles. The highest BCUT2D eigenvalue weighted by atomic mass is 35.5. The molecule has 6 nitrogen and oxygen atoms in total. The third-order valence-corrected chi connectivity index (χ3v) is 11.0. The second kappa shape index (κ2) is 10.9. The molecule has 1 amide bonds. The fourth-order valence-electron chi connectivity index (χ4n) is 6.10. The second-order valence-electron chi connectivity index (χ2n) is 11.1. The third kappa shape index (κ3) is 5.53. The van der Waals surface area contributed by atoms with Gasteiger partial charge < -0.3 is 9.69 Å². The zero-order chi connectivity index (χ0) is 27.1. The fourth-order valence-corrected chi connectivity index (χ4v) is 7.82. The molecule has 0 aromatic heterocycles. The maximum Gasteiger partial charge on any atom is 0.230 e. The van der Waals surface area contributed by atoms with Crippen molar-refractivity contribution in [2.45, 2.75) is 75.1 Å². The number of nitrogens with one attached hydrogen (secondary N) is 1. The molecule has 1 saturated heterocycles. The standard InChI is InChI=1S/C29H34Cl2N2O4S/c1-2-29(14-15-34)17-25(21-4-3-5-23(31)16-21)27(20-8-10-22(30)11-9-20)33(28(29)35)26(19-6-7-19)18-32-38(36,37)24-12-13-24/h3-5,8-11,15-16,19,24-27,32H,2,6-7,12-14,17-18H2,1H3/t25-,26-,27-,29+/m1/s1. The van der Waals surface area contributed by atoms with Gasteiger partial charge >= 0.3 is 0 Å². The van der Waals surface area contributed by atoms with Crippen LogP contribution >= 0.6 is 23.2 Å². The average Bonchev–Trinajstić information content (AvgIpc) is 3.80. The van der Waals surface area contributed by atoms with Crippen LogP contribution in [0.25, 0.3) is 0 Å². The Hall–Kier alpha value is -1.93. The van der Waals surface area contributed by atoms with Gasteiger partial charge in [0, 0.05) is 35.0 Å². The van der Waals surface area contributed by atoms with E-state index in [2.05, 4.69) is 4.72 Å². The van der Waals surface area contributed by atoms with Gasteiger partial charge in [0.1, 0.15) is 6.29 Å². The Morgan fingerprint density at radius 3 is 2.34 bits per heavy atom. The molecule has 38 heavy (non-hydrogen) atoms. The lowest BCUT2D eigenvalue weighted by Crippen LogP contribution is -2.59. The number of piperidine rings is 1. The topological polar surface area (TPSA) is 83.6 Å². The van der Waals surface area contributed by atoms with E-state index in [1.807, 2.05) is 60.4 Å². The molecule has 3 fully saturated rings. The number of halogens is 2. The van der Waals surface area contributed by atoms with Gasteiger partial charge in [-0.25, -0.2) is 13.1 Å². The molecule has 1 aliphatic heterocycles. The van der Waals surface area contributed by atoms with E-state index in [1.165, 1.54) is 0 Å². The Morgan fingerprint density at radius 2 is 1.76 bits per heavy atom. The third-order valence-electron chi connectivity index (χ3n) is 8.60. The molecule has 2 aliphatic carbocycles. The lowest BCUT2D eigenvalue weighted by atomic mass is 9.65. The summed E-state index contributed by atoms with van der Waals surface area (Å²) < 4.78 is 28.5. The molecule has 204 valence electrons. The summed E-state index contributed by atoms with van der Waals surface area (Å²) in [5.41, 5.74) is 1.05. The normalized spacial score (nSPS) is 26.8. The van der Waals surface area contributed by atoms with Crippen LogP contribution in [0.15, 0.2) is 48.5 Å².